The van der Waals surface area contributed by atoms with Crippen LogP contribution in [0.5, 0.6) is 0 Å². The largest absolute Gasteiger partial charge is 0.426 e. The van der Waals surface area contributed by atoms with E-state index in [1.807, 2.05) is 6.92 Å². The quantitative estimate of drug-likeness (QED) is 0.575. The normalized spacial score (nSPS) is 31.1. The van der Waals surface area contributed by atoms with Crippen LogP contribution in [0.2, 0.25) is 0 Å². The van der Waals surface area contributed by atoms with Gasteiger partial charge in [-0.15, -0.1) is 0 Å². The van der Waals surface area contributed by atoms with Crippen LogP contribution in [-0.4, -0.2) is 16.9 Å². The molecule has 1 atom stereocenters. The summed E-state index contributed by atoms with van der Waals surface area (Å²) in [5.41, 5.74) is 1.22. The van der Waals surface area contributed by atoms with Gasteiger partial charge in [-0.25, -0.2) is 4.79 Å². The van der Waals surface area contributed by atoms with Crippen molar-refractivity contribution in [2.45, 2.75) is 33.0 Å². The Balaban J connectivity index is 3.06. The van der Waals surface area contributed by atoms with Gasteiger partial charge in [0.2, 0.25) is 5.79 Å². The fourth-order valence-corrected chi connectivity index (χ4v) is 1.38. The molecule has 0 aromatic heterocycles. The van der Waals surface area contributed by atoms with Gasteiger partial charge in [0.1, 0.15) is 0 Å². The molecule has 0 unspecified atom stereocenters. The fourth-order valence-electron chi connectivity index (χ4n) is 1.38. The summed E-state index contributed by atoms with van der Waals surface area (Å²) in [5.74, 6) is -1.78. The van der Waals surface area contributed by atoms with E-state index in [0.29, 0.717) is 17.6 Å². The van der Waals surface area contributed by atoms with Gasteiger partial charge in [0.25, 0.3) is 0 Å². The van der Waals surface area contributed by atoms with Crippen molar-refractivity contribution in [3.05, 3.63) is 11.1 Å². The van der Waals surface area contributed by atoms with Crippen LogP contribution in [0.1, 0.15) is 27.2 Å². The van der Waals surface area contributed by atoms with Crippen LogP contribution < -0.4 is 0 Å². The SMILES string of the molecule is CCC1=C(C)C(=O)O[C@@]1(C)O. The maximum Gasteiger partial charge on any atom is 0.336 e. The zero-order valence-electron chi connectivity index (χ0n) is 6.97. The summed E-state index contributed by atoms with van der Waals surface area (Å²) in [4.78, 5) is 10.9. The number of rotatable bonds is 1. The third-order valence-electron chi connectivity index (χ3n) is 1.96. The Morgan fingerprint density at radius 3 is 2.36 bits per heavy atom. The van der Waals surface area contributed by atoms with Crippen molar-refractivity contribution in [2.24, 2.45) is 0 Å². The molecule has 0 radical (unpaired) electrons. The molecule has 0 saturated carbocycles. The maximum atomic E-state index is 10.9. The van der Waals surface area contributed by atoms with Crippen molar-refractivity contribution >= 4 is 5.97 Å². The van der Waals surface area contributed by atoms with Gasteiger partial charge in [0, 0.05) is 18.1 Å². The smallest absolute Gasteiger partial charge is 0.336 e. The molecule has 1 rings (SSSR count). The summed E-state index contributed by atoms with van der Waals surface area (Å²) in [5, 5.41) is 9.49. The van der Waals surface area contributed by atoms with Gasteiger partial charge in [-0.05, 0) is 13.3 Å². The van der Waals surface area contributed by atoms with Gasteiger partial charge in [0.15, 0.2) is 0 Å². The van der Waals surface area contributed by atoms with E-state index in [0.717, 1.165) is 0 Å². The molecule has 0 amide bonds. The lowest BCUT2D eigenvalue weighted by molar-refractivity contribution is -0.175. The highest BCUT2D eigenvalue weighted by atomic mass is 16.7. The third-order valence-corrected chi connectivity index (χ3v) is 1.96. The van der Waals surface area contributed by atoms with Crippen molar-refractivity contribution in [3.63, 3.8) is 0 Å². The van der Waals surface area contributed by atoms with Crippen molar-refractivity contribution in [3.8, 4) is 0 Å². The molecule has 1 heterocycles. The topological polar surface area (TPSA) is 46.5 Å². The number of ether oxygens (including phenoxy) is 1. The Hall–Kier alpha value is -0.830. The minimum Gasteiger partial charge on any atom is -0.426 e. The van der Waals surface area contributed by atoms with E-state index in [4.69, 9.17) is 4.74 Å². The molecule has 0 fully saturated rings. The molecule has 0 spiro atoms. The molecule has 0 bridgehead atoms. The van der Waals surface area contributed by atoms with Crippen molar-refractivity contribution in [2.75, 3.05) is 0 Å². The fraction of sp³-hybridized carbons (Fsp3) is 0.625. The van der Waals surface area contributed by atoms with E-state index >= 15 is 0 Å². The molecule has 1 aliphatic rings. The molecule has 0 aromatic carbocycles. The lowest BCUT2D eigenvalue weighted by atomic mass is 10.0. The molecular weight excluding hydrogens is 144 g/mol. The molecule has 62 valence electrons. The van der Waals surface area contributed by atoms with Gasteiger partial charge in [-0.1, -0.05) is 6.92 Å². The number of carbonyl (C=O) groups is 1. The molecule has 0 saturated heterocycles. The number of aliphatic hydroxyl groups is 1. The molecular formula is C8H12O3. The van der Waals surface area contributed by atoms with E-state index in [1.54, 1.807) is 6.92 Å². The predicted molar refractivity (Wildman–Crippen MR) is 39.7 cm³/mol. The van der Waals surface area contributed by atoms with Gasteiger partial charge in [-0.3, -0.25) is 0 Å². The van der Waals surface area contributed by atoms with Crippen LogP contribution in [0.4, 0.5) is 0 Å². The van der Waals surface area contributed by atoms with Gasteiger partial charge < -0.3 is 9.84 Å². The van der Waals surface area contributed by atoms with E-state index in [9.17, 15) is 9.90 Å². The molecule has 11 heavy (non-hydrogen) atoms. The zero-order valence-corrected chi connectivity index (χ0v) is 6.97. The van der Waals surface area contributed by atoms with Crippen LogP contribution in [0, 0.1) is 0 Å². The number of hydrogen-bond acceptors (Lipinski definition) is 3. The molecule has 3 nitrogen and oxygen atoms in total. The Morgan fingerprint density at radius 2 is 2.18 bits per heavy atom. The van der Waals surface area contributed by atoms with Crippen molar-refractivity contribution in [1.82, 2.24) is 0 Å². The Kier molecular flexibility index (Phi) is 1.76. The zero-order chi connectivity index (χ0) is 8.65. The highest BCUT2D eigenvalue weighted by Crippen LogP contribution is 2.31. The van der Waals surface area contributed by atoms with Crippen LogP contribution in [0.25, 0.3) is 0 Å². The van der Waals surface area contributed by atoms with E-state index in [2.05, 4.69) is 0 Å². The summed E-state index contributed by atoms with van der Waals surface area (Å²) in [6.07, 6.45) is 0.643. The summed E-state index contributed by atoms with van der Waals surface area (Å²) >= 11 is 0. The molecule has 1 N–H and O–H groups in total. The number of cyclic esters (lactones) is 1. The highest BCUT2D eigenvalue weighted by Gasteiger charge is 2.38. The predicted octanol–water partition coefficient (Wildman–Crippen LogP) is 0.978. The third kappa shape index (κ3) is 1.16. The first-order valence-corrected chi connectivity index (χ1v) is 3.65. The van der Waals surface area contributed by atoms with Gasteiger partial charge >= 0.3 is 5.97 Å². The maximum absolute atomic E-state index is 10.9. The van der Waals surface area contributed by atoms with Gasteiger partial charge in [0.05, 0.1) is 0 Å². The first-order valence-electron chi connectivity index (χ1n) is 3.65. The van der Waals surface area contributed by atoms with E-state index in [-0.39, 0.29) is 0 Å². The molecule has 0 aromatic rings. The second kappa shape index (κ2) is 2.34. The monoisotopic (exact) mass is 156 g/mol. The Labute approximate surface area is 65.7 Å². The molecule has 0 aliphatic carbocycles. The first-order chi connectivity index (χ1) is 4.99. The average molecular weight is 156 g/mol. The van der Waals surface area contributed by atoms with Crippen LogP contribution in [0.15, 0.2) is 11.1 Å². The lowest BCUT2D eigenvalue weighted by Crippen LogP contribution is -2.26. The van der Waals surface area contributed by atoms with Crippen molar-refractivity contribution in [1.29, 1.82) is 0 Å². The average Bonchev–Trinajstić information content (AvgIpc) is 2.03. The van der Waals surface area contributed by atoms with E-state index < -0.39 is 11.8 Å². The minimum atomic E-state index is -1.37. The van der Waals surface area contributed by atoms with Crippen LogP contribution in [0.3, 0.4) is 0 Å². The highest BCUT2D eigenvalue weighted by molar-refractivity contribution is 5.92. The first kappa shape index (κ1) is 8.27. The van der Waals surface area contributed by atoms with E-state index in [1.165, 1.54) is 6.92 Å². The summed E-state index contributed by atoms with van der Waals surface area (Å²) in [7, 11) is 0. The van der Waals surface area contributed by atoms with Crippen molar-refractivity contribution < 1.29 is 14.6 Å². The number of esters is 1. The lowest BCUT2D eigenvalue weighted by Gasteiger charge is -2.18. The van der Waals surface area contributed by atoms with Crippen LogP contribution >= 0.6 is 0 Å². The Morgan fingerprint density at radius 1 is 1.64 bits per heavy atom. The number of carbonyl (C=O) groups excluding carboxylic acids is 1. The summed E-state index contributed by atoms with van der Waals surface area (Å²) in [6, 6.07) is 0. The Bertz CT molecular complexity index is 225. The molecule has 3 heteroatoms. The second-order valence-corrected chi connectivity index (χ2v) is 2.83. The minimum absolute atomic E-state index is 0.410. The summed E-state index contributed by atoms with van der Waals surface area (Å²) in [6.45, 7) is 5.04. The van der Waals surface area contributed by atoms with Crippen LogP contribution in [-0.2, 0) is 9.53 Å². The number of hydrogen-bond donors (Lipinski definition) is 1. The second-order valence-electron chi connectivity index (χ2n) is 2.83. The summed E-state index contributed by atoms with van der Waals surface area (Å²) < 4.78 is 4.71. The molecule has 1 aliphatic heterocycles. The standard InChI is InChI=1S/C8H12O3/c1-4-6-5(2)7(9)11-8(6,3)10/h10H,4H2,1-3H3/t8-/m1/s1. The van der Waals surface area contributed by atoms with Gasteiger partial charge in [-0.2, -0.15) is 0 Å².